The fourth-order valence-corrected chi connectivity index (χ4v) is 2.30. The zero-order valence-electron chi connectivity index (χ0n) is 10.4. The molecule has 0 radical (unpaired) electrons. The molecule has 0 unspecified atom stereocenters. The molecule has 4 nitrogen and oxygen atoms in total. The van der Waals surface area contributed by atoms with Crippen molar-refractivity contribution in [2.45, 2.75) is 13.3 Å². The van der Waals surface area contributed by atoms with Crippen LogP contribution in [-0.4, -0.2) is 29.6 Å². The summed E-state index contributed by atoms with van der Waals surface area (Å²) in [5.41, 5.74) is 8.56. The van der Waals surface area contributed by atoms with Gasteiger partial charge in [-0.3, -0.25) is 9.97 Å². The van der Waals surface area contributed by atoms with Crippen molar-refractivity contribution in [3.63, 3.8) is 0 Å². The molecule has 0 fully saturated rings. The minimum Gasteiger partial charge on any atom is -0.370 e. The summed E-state index contributed by atoms with van der Waals surface area (Å²) in [6.45, 7) is 4.74. The summed E-state index contributed by atoms with van der Waals surface area (Å²) in [6.07, 6.45) is 4.62. The van der Waals surface area contributed by atoms with Gasteiger partial charge in [-0.2, -0.15) is 0 Å². The highest BCUT2D eigenvalue weighted by atomic mass is 79.9. The number of fused-ring (bicyclic) bond motifs is 1. The van der Waals surface area contributed by atoms with Gasteiger partial charge in [-0.15, -0.1) is 0 Å². The van der Waals surface area contributed by atoms with Crippen molar-refractivity contribution in [2.24, 2.45) is 5.73 Å². The van der Waals surface area contributed by atoms with Gasteiger partial charge < -0.3 is 10.6 Å². The Hall–Kier alpha value is -1.20. The Kier molecular flexibility index (Phi) is 4.49. The molecule has 2 heterocycles. The first-order valence-electron chi connectivity index (χ1n) is 6.11. The predicted molar refractivity (Wildman–Crippen MR) is 78.8 cm³/mol. The van der Waals surface area contributed by atoms with E-state index >= 15 is 0 Å². The van der Waals surface area contributed by atoms with Crippen molar-refractivity contribution in [1.29, 1.82) is 0 Å². The minimum atomic E-state index is 0.707. The average molecular weight is 309 g/mol. The van der Waals surface area contributed by atoms with Gasteiger partial charge in [-0.25, -0.2) is 0 Å². The van der Waals surface area contributed by atoms with Crippen LogP contribution >= 0.6 is 15.9 Å². The number of hydrogen-bond donors (Lipinski definition) is 1. The van der Waals surface area contributed by atoms with Crippen LogP contribution in [0.2, 0.25) is 0 Å². The maximum absolute atomic E-state index is 5.58. The zero-order valence-corrected chi connectivity index (χ0v) is 12.0. The van der Waals surface area contributed by atoms with E-state index in [1.54, 1.807) is 0 Å². The van der Waals surface area contributed by atoms with E-state index in [1.165, 1.54) is 0 Å². The lowest BCUT2D eigenvalue weighted by Gasteiger charge is -2.23. The smallest absolute Gasteiger partial charge is 0.112 e. The number of aromatic nitrogens is 2. The first kappa shape index (κ1) is 13.2. The molecule has 0 bridgehead atoms. The number of anilines is 1. The maximum Gasteiger partial charge on any atom is 0.112 e. The van der Waals surface area contributed by atoms with E-state index in [-0.39, 0.29) is 0 Å². The van der Waals surface area contributed by atoms with E-state index in [9.17, 15) is 0 Å². The molecular formula is C13H17BrN4. The first-order valence-corrected chi connectivity index (χ1v) is 6.91. The SMILES string of the molecule is CCN(CCCN)c1ccnc2cc(Br)cnc12. The summed E-state index contributed by atoms with van der Waals surface area (Å²) in [5.74, 6) is 0. The Morgan fingerprint density at radius 2 is 2.22 bits per heavy atom. The van der Waals surface area contributed by atoms with Crippen LogP contribution in [0.5, 0.6) is 0 Å². The molecule has 2 rings (SSSR count). The Labute approximate surface area is 115 Å². The minimum absolute atomic E-state index is 0.707. The first-order chi connectivity index (χ1) is 8.76. The number of halogens is 1. The Bertz CT molecular complexity index is 529. The van der Waals surface area contributed by atoms with Gasteiger partial charge in [0.15, 0.2) is 0 Å². The van der Waals surface area contributed by atoms with E-state index < -0.39 is 0 Å². The van der Waals surface area contributed by atoms with Crippen LogP contribution in [0.1, 0.15) is 13.3 Å². The van der Waals surface area contributed by atoms with Crippen molar-refractivity contribution in [3.05, 3.63) is 29.0 Å². The molecule has 2 N–H and O–H groups in total. The molecular weight excluding hydrogens is 292 g/mol. The van der Waals surface area contributed by atoms with Gasteiger partial charge in [-0.1, -0.05) is 0 Å². The molecule has 2 aromatic rings. The quantitative estimate of drug-likeness (QED) is 0.922. The monoisotopic (exact) mass is 308 g/mol. The lowest BCUT2D eigenvalue weighted by atomic mass is 10.2. The van der Waals surface area contributed by atoms with E-state index in [0.717, 1.165) is 40.7 Å². The molecule has 0 aliphatic carbocycles. The molecule has 0 spiro atoms. The highest BCUT2D eigenvalue weighted by Crippen LogP contribution is 2.25. The van der Waals surface area contributed by atoms with Crippen molar-refractivity contribution < 1.29 is 0 Å². The third kappa shape index (κ3) is 2.79. The summed E-state index contributed by atoms with van der Waals surface area (Å²) in [4.78, 5) is 11.1. The van der Waals surface area contributed by atoms with Crippen LogP contribution in [0.25, 0.3) is 11.0 Å². The van der Waals surface area contributed by atoms with Gasteiger partial charge in [0, 0.05) is 30.0 Å². The molecule has 96 valence electrons. The Morgan fingerprint density at radius 1 is 1.39 bits per heavy atom. The van der Waals surface area contributed by atoms with E-state index in [1.807, 2.05) is 24.5 Å². The van der Waals surface area contributed by atoms with Gasteiger partial charge in [-0.05, 0) is 48.0 Å². The number of rotatable bonds is 5. The molecule has 0 aliphatic rings. The topological polar surface area (TPSA) is 55.0 Å². The van der Waals surface area contributed by atoms with Crippen LogP contribution in [0.4, 0.5) is 5.69 Å². The van der Waals surface area contributed by atoms with Gasteiger partial charge in [0.05, 0.1) is 11.2 Å². The van der Waals surface area contributed by atoms with Crippen LogP contribution < -0.4 is 10.6 Å². The molecule has 18 heavy (non-hydrogen) atoms. The summed E-state index contributed by atoms with van der Waals surface area (Å²) < 4.78 is 0.949. The second-order valence-corrected chi connectivity index (χ2v) is 4.99. The van der Waals surface area contributed by atoms with Crippen LogP contribution in [0.3, 0.4) is 0 Å². The lowest BCUT2D eigenvalue weighted by Crippen LogP contribution is -2.26. The largest absolute Gasteiger partial charge is 0.370 e. The van der Waals surface area contributed by atoms with Gasteiger partial charge >= 0.3 is 0 Å². The number of nitrogens with two attached hydrogens (primary N) is 1. The van der Waals surface area contributed by atoms with E-state index in [0.29, 0.717) is 6.54 Å². The molecule has 5 heteroatoms. The number of hydrogen-bond acceptors (Lipinski definition) is 4. The fourth-order valence-electron chi connectivity index (χ4n) is 1.98. The summed E-state index contributed by atoms with van der Waals surface area (Å²) in [5, 5.41) is 0. The molecule has 0 atom stereocenters. The highest BCUT2D eigenvalue weighted by Gasteiger charge is 2.10. The van der Waals surface area contributed by atoms with E-state index in [2.05, 4.69) is 37.7 Å². The summed E-state index contributed by atoms with van der Waals surface area (Å²) in [6, 6.07) is 4.01. The third-order valence-corrected chi connectivity index (χ3v) is 3.31. The molecule has 2 aromatic heterocycles. The normalized spacial score (nSPS) is 10.8. The van der Waals surface area contributed by atoms with E-state index in [4.69, 9.17) is 5.73 Å². The predicted octanol–water partition coefficient (Wildman–Crippen LogP) is 2.57. The van der Waals surface area contributed by atoms with Crippen LogP contribution in [0.15, 0.2) is 29.0 Å². The number of nitrogens with zero attached hydrogens (tertiary/aromatic N) is 3. The molecule has 0 saturated carbocycles. The molecule has 0 amide bonds. The van der Waals surface area contributed by atoms with Crippen molar-refractivity contribution in [2.75, 3.05) is 24.5 Å². The molecule has 0 saturated heterocycles. The second kappa shape index (κ2) is 6.11. The second-order valence-electron chi connectivity index (χ2n) is 4.07. The molecule has 0 aliphatic heterocycles. The summed E-state index contributed by atoms with van der Waals surface area (Å²) in [7, 11) is 0. The van der Waals surface area contributed by atoms with Crippen LogP contribution in [-0.2, 0) is 0 Å². The van der Waals surface area contributed by atoms with Crippen molar-refractivity contribution in [3.8, 4) is 0 Å². The lowest BCUT2D eigenvalue weighted by molar-refractivity contribution is 0.755. The van der Waals surface area contributed by atoms with Crippen molar-refractivity contribution in [1.82, 2.24) is 9.97 Å². The molecule has 0 aromatic carbocycles. The standard InChI is InChI=1S/C13H17BrN4/c1-2-18(7-3-5-15)12-4-6-16-11-8-10(14)9-17-13(11)12/h4,6,8-9H,2-3,5,7,15H2,1H3. The average Bonchev–Trinajstić information content (AvgIpc) is 2.39. The van der Waals surface area contributed by atoms with Gasteiger partial charge in [0.25, 0.3) is 0 Å². The Morgan fingerprint density at radius 3 is 2.94 bits per heavy atom. The van der Waals surface area contributed by atoms with Gasteiger partial charge in [0.1, 0.15) is 5.52 Å². The zero-order chi connectivity index (χ0) is 13.0. The summed E-state index contributed by atoms with van der Waals surface area (Å²) >= 11 is 3.42. The highest BCUT2D eigenvalue weighted by molar-refractivity contribution is 9.10. The van der Waals surface area contributed by atoms with Gasteiger partial charge in [0.2, 0.25) is 0 Å². The maximum atomic E-state index is 5.58. The Balaban J connectivity index is 2.42. The number of pyridine rings is 2. The third-order valence-electron chi connectivity index (χ3n) is 2.88. The van der Waals surface area contributed by atoms with Crippen LogP contribution in [0, 0.1) is 0 Å². The fraction of sp³-hybridized carbons (Fsp3) is 0.385. The van der Waals surface area contributed by atoms with Crippen molar-refractivity contribution >= 4 is 32.7 Å².